The quantitative estimate of drug-likeness (QED) is 0.413. The van der Waals surface area contributed by atoms with Crippen molar-refractivity contribution in [2.75, 3.05) is 6.61 Å². The van der Waals surface area contributed by atoms with E-state index in [2.05, 4.69) is 0 Å². The maximum atomic E-state index is 10.7. The Kier molecular flexibility index (Phi) is 4.94. The molecule has 1 fully saturated rings. The van der Waals surface area contributed by atoms with E-state index in [4.69, 9.17) is 14.6 Å². The van der Waals surface area contributed by atoms with Gasteiger partial charge in [0.2, 0.25) is 6.29 Å². The van der Waals surface area contributed by atoms with E-state index in [-0.39, 0.29) is 11.4 Å². The molecular weight excluding hydrogens is 298 g/mol. The van der Waals surface area contributed by atoms with Gasteiger partial charge in [0, 0.05) is 12.1 Å². The van der Waals surface area contributed by atoms with Crippen LogP contribution in [0.15, 0.2) is 18.2 Å². The third-order valence-electron chi connectivity index (χ3n) is 3.46. The second-order valence-electron chi connectivity index (χ2n) is 5.02. The predicted octanol–water partition coefficient (Wildman–Crippen LogP) is -0.918. The molecule has 1 heterocycles. The lowest BCUT2D eigenvalue weighted by Crippen LogP contribution is -2.60. The van der Waals surface area contributed by atoms with Crippen molar-refractivity contribution in [2.45, 2.75) is 37.6 Å². The Morgan fingerprint density at radius 1 is 1.27 bits per heavy atom. The summed E-state index contributed by atoms with van der Waals surface area (Å²) in [5.74, 6) is 0.218. The van der Waals surface area contributed by atoms with Crippen LogP contribution in [0, 0.1) is 17.0 Å². The molecular formula is C13H17NO8. The largest absolute Gasteiger partial charge is 0.462 e. The standard InChI is InChI=1S/C13H17NO8/c1-6-4-7(14(19)20)2-3-8(6)21-13-12(18)11(17)10(16)9(5-15)22-13/h2-4,9-13,15-18H,5H2,1H3/t9?,10-,11-,12?,13+/m0/s1. The van der Waals surface area contributed by atoms with Crippen LogP contribution < -0.4 is 4.74 Å². The number of benzene rings is 1. The number of hydrogen-bond donors (Lipinski definition) is 4. The Morgan fingerprint density at radius 2 is 1.95 bits per heavy atom. The van der Waals surface area contributed by atoms with Gasteiger partial charge in [-0.15, -0.1) is 0 Å². The normalized spacial score (nSPS) is 31.8. The number of non-ortho nitro benzene ring substituents is 1. The summed E-state index contributed by atoms with van der Waals surface area (Å²) in [6.45, 7) is 1.01. The van der Waals surface area contributed by atoms with E-state index in [0.29, 0.717) is 5.56 Å². The fourth-order valence-electron chi connectivity index (χ4n) is 2.17. The smallest absolute Gasteiger partial charge is 0.269 e. The molecule has 1 aromatic rings. The van der Waals surface area contributed by atoms with Crippen LogP contribution in [0.4, 0.5) is 5.69 Å². The molecule has 1 aromatic carbocycles. The number of rotatable bonds is 4. The molecule has 1 aliphatic rings. The van der Waals surface area contributed by atoms with E-state index in [1.165, 1.54) is 18.2 Å². The van der Waals surface area contributed by atoms with Crippen molar-refractivity contribution in [3.05, 3.63) is 33.9 Å². The maximum absolute atomic E-state index is 10.7. The lowest BCUT2D eigenvalue weighted by molar-refractivity contribution is -0.384. The zero-order valence-electron chi connectivity index (χ0n) is 11.7. The van der Waals surface area contributed by atoms with E-state index in [9.17, 15) is 25.4 Å². The first kappa shape index (κ1) is 16.6. The molecule has 9 nitrogen and oxygen atoms in total. The second-order valence-corrected chi connectivity index (χ2v) is 5.02. The van der Waals surface area contributed by atoms with E-state index in [1.807, 2.05) is 0 Å². The molecule has 22 heavy (non-hydrogen) atoms. The molecule has 0 bridgehead atoms. The highest BCUT2D eigenvalue weighted by atomic mass is 16.7. The van der Waals surface area contributed by atoms with E-state index >= 15 is 0 Å². The predicted molar refractivity (Wildman–Crippen MR) is 72.2 cm³/mol. The fourth-order valence-corrected chi connectivity index (χ4v) is 2.17. The molecule has 122 valence electrons. The van der Waals surface area contributed by atoms with Gasteiger partial charge in [0.25, 0.3) is 5.69 Å². The van der Waals surface area contributed by atoms with Gasteiger partial charge in [0.15, 0.2) is 0 Å². The summed E-state index contributed by atoms with van der Waals surface area (Å²) in [5.41, 5.74) is 0.324. The van der Waals surface area contributed by atoms with Gasteiger partial charge in [-0.2, -0.15) is 0 Å². The highest BCUT2D eigenvalue weighted by Gasteiger charge is 2.44. The summed E-state index contributed by atoms with van der Waals surface area (Å²) in [4.78, 5) is 10.1. The van der Waals surface area contributed by atoms with Crippen LogP contribution in [0.3, 0.4) is 0 Å². The zero-order chi connectivity index (χ0) is 16.4. The average molecular weight is 315 g/mol. The van der Waals surface area contributed by atoms with E-state index in [0.717, 1.165) is 0 Å². The van der Waals surface area contributed by atoms with Gasteiger partial charge in [0.1, 0.15) is 30.2 Å². The van der Waals surface area contributed by atoms with Crippen LogP contribution in [0.2, 0.25) is 0 Å². The van der Waals surface area contributed by atoms with Crippen LogP contribution >= 0.6 is 0 Å². The highest BCUT2D eigenvalue weighted by molar-refractivity contribution is 5.43. The lowest BCUT2D eigenvalue weighted by Gasteiger charge is -2.39. The number of hydrogen-bond acceptors (Lipinski definition) is 8. The third kappa shape index (κ3) is 3.18. The Morgan fingerprint density at radius 3 is 2.50 bits per heavy atom. The van der Waals surface area contributed by atoms with Crippen molar-refractivity contribution < 1.29 is 34.8 Å². The van der Waals surface area contributed by atoms with Gasteiger partial charge in [-0.3, -0.25) is 10.1 Å². The van der Waals surface area contributed by atoms with Crippen molar-refractivity contribution in [3.8, 4) is 5.75 Å². The van der Waals surface area contributed by atoms with Gasteiger partial charge in [0.05, 0.1) is 11.5 Å². The molecule has 0 aliphatic carbocycles. The molecule has 2 rings (SSSR count). The minimum absolute atomic E-state index is 0.112. The highest BCUT2D eigenvalue weighted by Crippen LogP contribution is 2.28. The first-order valence-electron chi connectivity index (χ1n) is 6.57. The summed E-state index contributed by atoms with van der Waals surface area (Å²) in [6, 6.07) is 3.86. The molecule has 9 heteroatoms. The van der Waals surface area contributed by atoms with Crippen molar-refractivity contribution in [1.29, 1.82) is 0 Å². The zero-order valence-corrected chi connectivity index (χ0v) is 11.7. The van der Waals surface area contributed by atoms with Crippen molar-refractivity contribution >= 4 is 5.69 Å². The average Bonchev–Trinajstić information content (AvgIpc) is 2.49. The molecule has 2 unspecified atom stereocenters. The molecule has 1 aliphatic heterocycles. The van der Waals surface area contributed by atoms with Crippen molar-refractivity contribution in [2.24, 2.45) is 0 Å². The number of aliphatic hydroxyl groups is 4. The summed E-state index contributed by atoms with van der Waals surface area (Å²) in [6.07, 6.45) is -6.96. The SMILES string of the molecule is Cc1cc([N+](=O)[O-])ccc1O[C@@H]1OC(CO)[C@H](O)[C@H](O)C1O. The minimum atomic E-state index is -1.55. The third-order valence-corrected chi connectivity index (χ3v) is 3.46. The molecule has 4 N–H and O–H groups in total. The molecule has 0 radical (unpaired) electrons. The van der Waals surface area contributed by atoms with Gasteiger partial charge in [-0.25, -0.2) is 0 Å². The monoisotopic (exact) mass is 315 g/mol. The van der Waals surface area contributed by atoms with Crippen LogP contribution in [0.25, 0.3) is 0 Å². The Hall–Kier alpha value is -1.78. The molecule has 1 saturated heterocycles. The molecule has 0 amide bonds. The van der Waals surface area contributed by atoms with Crippen molar-refractivity contribution in [3.63, 3.8) is 0 Å². The van der Waals surface area contributed by atoms with Gasteiger partial charge in [-0.1, -0.05) is 0 Å². The summed E-state index contributed by atoms with van der Waals surface area (Å²) in [5, 5.41) is 49.0. The summed E-state index contributed by atoms with van der Waals surface area (Å²) in [7, 11) is 0. The first-order valence-corrected chi connectivity index (χ1v) is 6.57. The van der Waals surface area contributed by atoms with Crippen molar-refractivity contribution in [1.82, 2.24) is 0 Å². The first-order chi connectivity index (χ1) is 10.3. The summed E-state index contributed by atoms with van der Waals surface area (Å²) < 4.78 is 10.6. The number of aryl methyl sites for hydroxylation is 1. The number of aliphatic hydroxyl groups excluding tert-OH is 4. The Bertz CT molecular complexity index is 549. The molecule has 0 saturated carbocycles. The molecule has 0 spiro atoms. The fraction of sp³-hybridized carbons (Fsp3) is 0.538. The number of nitro groups is 1. The minimum Gasteiger partial charge on any atom is -0.462 e. The summed E-state index contributed by atoms with van der Waals surface area (Å²) >= 11 is 0. The van der Waals surface area contributed by atoms with E-state index in [1.54, 1.807) is 6.92 Å². The number of nitro benzene ring substituents is 1. The Balaban J connectivity index is 2.17. The van der Waals surface area contributed by atoms with Gasteiger partial charge >= 0.3 is 0 Å². The second kappa shape index (κ2) is 6.55. The van der Waals surface area contributed by atoms with E-state index < -0.39 is 42.2 Å². The number of nitrogens with zero attached hydrogens (tertiary/aromatic N) is 1. The molecule has 5 atom stereocenters. The van der Waals surface area contributed by atoms with Gasteiger partial charge in [-0.05, 0) is 18.6 Å². The topological polar surface area (TPSA) is 143 Å². The van der Waals surface area contributed by atoms with Gasteiger partial charge < -0.3 is 29.9 Å². The van der Waals surface area contributed by atoms with Crippen LogP contribution in [0.5, 0.6) is 5.75 Å². The van der Waals surface area contributed by atoms with Crippen LogP contribution in [0.1, 0.15) is 5.56 Å². The van der Waals surface area contributed by atoms with Crippen LogP contribution in [-0.2, 0) is 4.74 Å². The Labute approximate surface area is 125 Å². The van der Waals surface area contributed by atoms with Crippen LogP contribution in [-0.4, -0.2) is 62.7 Å². The maximum Gasteiger partial charge on any atom is 0.269 e. The lowest BCUT2D eigenvalue weighted by atomic mass is 9.99. The number of ether oxygens (including phenoxy) is 2. The molecule has 0 aromatic heterocycles.